The Bertz CT molecular complexity index is 538. The minimum Gasteiger partial charge on any atom is -0.348 e. The number of H-pyrrole nitrogens is 1. The predicted octanol–water partition coefficient (Wildman–Crippen LogP) is 2.70. The summed E-state index contributed by atoms with van der Waals surface area (Å²) in [5.74, 6) is -0.557. The maximum Gasteiger partial charge on any atom is 0.274 e. The Morgan fingerprint density at radius 3 is 2.93 bits per heavy atom. The second-order valence-electron chi connectivity index (χ2n) is 2.95. The molecule has 2 aromatic rings. The van der Waals surface area contributed by atoms with E-state index in [0.29, 0.717) is 15.2 Å². The van der Waals surface area contributed by atoms with Gasteiger partial charge in [-0.3, -0.25) is 10.0 Å². The third kappa shape index (κ3) is 1.73. The second-order valence-corrected chi connectivity index (χ2v) is 4.13. The van der Waals surface area contributed by atoms with Crippen molar-refractivity contribution in [2.24, 2.45) is 0 Å². The molecule has 1 aromatic heterocycles. The monoisotopic (exact) mass is 288 g/mol. The largest absolute Gasteiger partial charge is 0.348 e. The Labute approximate surface area is 98.3 Å². The fourth-order valence-corrected chi connectivity index (χ4v) is 1.98. The molecule has 6 heteroatoms. The number of rotatable bonds is 1. The number of hydrogen-bond acceptors (Lipinski definition) is 2. The molecule has 0 aliphatic rings. The van der Waals surface area contributed by atoms with Crippen LogP contribution in [0.15, 0.2) is 22.8 Å². The normalized spacial score (nSPS) is 10.6. The van der Waals surface area contributed by atoms with Crippen LogP contribution in [0.1, 0.15) is 10.4 Å². The van der Waals surface area contributed by atoms with Gasteiger partial charge < -0.3 is 4.98 Å². The fourth-order valence-electron chi connectivity index (χ4n) is 1.34. The lowest BCUT2D eigenvalue weighted by Crippen LogP contribution is -2.18. The Kier molecular flexibility index (Phi) is 2.68. The van der Waals surface area contributed by atoms with Crippen LogP contribution in [0.3, 0.4) is 0 Å². The number of nitrogens with one attached hydrogen (secondary N) is 2. The van der Waals surface area contributed by atoms with Crippen LogP contribution in [0, 0.1) is 0 Å². The SMILES string of the molecule is O=C(NO)c1ccc2c(Cl)c(Br)[nH]c2c1. The van der Waals surface area contributed by atoms with Crippen molar-refractivity contribution in [3.05, 3.63) is 33.4 Å². The lowest BCUT2D eigenvalue weighted by molar-refractivity contribution is 0.0706. The van der Waals surface area contributed by atoms with Crippen LogP contribution in [0.2, 0.25) is 5.02 Å². The van der Waals surface area contributed by atoms with Crippen LogP contribution in [0.25, 0.3) is 10.9 Å². The van der Waals surface area contributed by atoms with Crippen molar-refractivity contribution in [1.29, 1.82) is 0 Å². The van der Waals surface area contributed by atoms with Crippen LogP contribution in [0.5, 0.6) is 0 Å². The van der Waals surface area contributed by atoms with E-state index in [1.54, 1.807) is 23.7 Å². The fraction of sp³-hybridized carbons (Fsp3) is 0. The molecule has 0 saturated carbocycles. The molecular formula is C9H6BrClN2O2. The average molecular weight is 290 g/mol. The highest BCUT2D eigenvalue weighted by Crippen LogP contribution is 2.31. The molecule has 0 aliphatic heterocycles. The summed E-state index contributed by atoms with van der Waals surface area (Å²) in [6.07, 6.45) is 0. The van der Waals surface area contributed by atoms with Gasteiger partial charge >= 0.3 is 0 Å². The van der Waals surface area contributed by atoms with Gasteiger partial charge in [-0.05, 0) is 28.1 Å². The molecule has 2 rings (SSSR count). The van der Waals surface area contributed by atoms with Crippen molar-refractivity contribution in [2.75, 3.05) is 0 Å². The summed E-state index contributed by atoms with van der Waals surface area (Å²) in [6, 6.07) is 4.90. The molecule has 0 atom stereocenters. The first kappa shape index (κ1) is 10.5. The Morgan fingerprint density at radius 2 is 2.27 bits per heavy atom. The molecule has 78 valence electrons. The zero-order valence-electron chi connectivity index (χ0n) is 7.34. The number of hydrogen-bond donors (Lipinski definition) is 3. The lowest BCUT2D eigenvalue weighted by Gasteiger charge is -1.98. The predicted molar refractivity (Wildman–Crippen MR) is 60.3 cm³/mol. The van der Waals surface area contributed by atoms with E-state index in [1.165, 1.54) is 0 Å². The van der Waals surface area contributed by atoms with Gasteiger partial charge in [-0.2, -0.15) is 0 Å². The van der Waals surface area contributed by atoms with E-state index in [-0.39, 0.29) is 0 Å². The highest BCUT2D eigenvalue weighted by Gasteiger charge is 2.10. The minimum atomic E-state index is -0.557. The van der Waals surface area contributed by atoms with E-state index in [9.17, 15) is 4.79 Å². The zero-order chi connectivity index (χ0) is 11.0. The van der Waals surface area contributed by atoms with Crippen LogP contribution < -0.4 is 5.48 Å². The van der Waals surface area contributed by atoms with Gasteiger partial charge in [0.15, 0.2) is 0 Å². The number of aromatic amines is 1. The quantitative estimate of drug-likeness (QED) is 0.558. The topological polar surface area (TPSA) is 65.1 Å². The highest BCUT2D eigenvalue weighted by atomic mass is 79.9. The average Bonchev–Trinajstić information content (AvgIpc) is 2.53. The molecule has 1 heterocycles. The van der Waals surface area contributed by atoms with E-state index in [4.69, 9.17) is 16.8 Å². The third-order valence-electron chi connectivity index (χ3n) is 2.06. The highest BCUT2D eigenvalue weighted by molar-refractivity contribution is 9.10. The van der Waals surface area contributed by atoms with Crippen molar-refractivity contribution < 1.29 is 10.0 Å². The summed E-state index contributed by atoms with van der Waals surface area (Å²) in [5.41, 5.74) is 2.66. The number of amides is 1. The number of hydroxylamine groups is 1. The number of fused-ring (bicyclic) bond motifs is 1. The first-order valence-corrected chi connectivity index (χ1v) is 5.21. The number of carbonyl (C=O) groups is 1. The number of halogens is 2. The number of benzene rings is 1. The summed E-state index contributed by atoms with van der Waals surface area (Å²) >= 11 is 9.23. The van der Waals surface area contributed by atoms with Gasteiger partial charge in [0.1, 0.15) is 4.60 Å². The van der Waals surface area contributed by atoms with Crippen LogP contribution >= 0.6 is 27.5 Å². The van der Waals surface area contributed by atoms with Gasteiger partial charge in [-0.25, -0.2) is 5.48 Å². The van der Waals surface area contributed by atoms with Gasteiger partial charge in [-0.1, -0.05) is 17.7 Å². The standard InChI is InChI=1S/C9H6BrClN2O2/c10-8-7(11)5-2-1-4(9(14)13-15)3-6(5)12-8/h1-3,12,15H,(H,13,14). The summed E-state index contributed by atoms with van der Waals surface area (Å²) in [6.45, 7) is 0. The maximum absolute atomic E-state index is 11.1. The molecule has 0 unspecified atom stereocenters. The maximum atomic E-state index is 11.1. The molecular weight excluding hydrogens is 283 g/mol. The first-order valence-electron chi connectivity index (χ1n) is 4.04. The van der Waals surface area contributed by atoms with Gasteiger partial charge in [-0.15, -0.1) is 0 Å². The van der Waals surface area contributed by atoms with E-state index >= 15 is 0 Å². The molecule has 0 saturated heterocycles. The number of carbonyl (C=O) groups excluding carboxylic acids is 1. The Morgan fingerprint density at radius 1 is 1.53 bits per heavy atom. The van der Waals surface area contributed by atoms with Gasteiger partial charge in [0.2, 0.25) is 0 Å². The third-order valence-corrected chi connectivity index (χ3v) is 3.27. The lowest BCUT2D eigenvalue weighted by atomic mass is 10.1. The van der Waals surface area contributed by atoms with E-state index < -0.39 is 5.91 Å². The Balaban J connectivity index is 2.62. The molecule has 1 aromatic carbocycles. The molecule has 1 amide bonds. The molecule has 0 spiro atoms. The van der Waals surface area contributed by atoms with Crippen molar-refractivity contribution in [2.45, 2.75) is 0 Å². The molecule has 0 aliphatic carbocycles. The summed E-state index contributed by atoms with van der Waals surface area (Å²) in [5, 5.41) is 9.86. The molecule has 0 bridgehead atoms. The van der Waals surface area contributed by atoms with E-state index in [1.807, 2.05) is 0 Å². The first-order chi connectivity index (χ1) is 7.13. The zero-order valence-corrected chi connectivity index (χ0v) is 9.69. The van der Waals surface area contributed by atoms with E-state index in [2.05, 4.69) is 20.9 Å². The van der Waals surface area contributed by atoms with E-state index in [0.717, 1.165) is 10.9 Å². The summed E-state index contributed by atoms with van der Waals surface area (Å²) < 4.78 is 0.667. The Hall–Kier alpha value is -1.04. The van der Waals surface area contributed by atoms with Crippen molar-refractivity contribution in [3.8, 4) is 0 Å². The molecule has 15 heavy (non-hydrogen) atoms. The second kappa shape index (κ2) is 3.84. The van der Waals surface area contributed by atoms with Crippen molar-refractivity contribution in [1.82, 2.24) is 10.5 Å². The molecule has 0 radical (unpaired) electrons. The van der Waals surface area contributed by atoms with Crippen LogP contribution in [-0.4, -0.2) is 16.1 Å². The minimum absolute atomic E-state index is 0.357. The van der Waals surface area contributed by atoms with Crippen molar-refractivity contribution in [3.63, 3.8) is 0 Å². The van der Waals surface area contributed by atoms with Crippen LogP contribution in [-0.2, 0) is 0 Å². The van der Waals surface area contributed by atoms with Gasteiger partial charge in [0.05, 0.1) is 5.02 Å². The summed E-state index contributed by atoms with van der Waals surface area (Å²) in [4.78, 5) is 14.1. The van der Waals surface area contributed by atoms with Gasteiger partial charge in [0.25, 0.3) is 5.91 Å². The molecule has 0 fully saturated rings. The van der Waals surface area contributed by atoms with Crippen molar-refractivity contribution >= 4 is 44.3 Å². The molecule has 3 N–H and O–H groups in total. The number of aromatic nitrogens is 1. The summed E-state index contributed by atoms with van der Waals surface area (Å²) in [7, 11) is 0. The van der Waals surface area contributed by atoms with Gasteiger partial charge in [0, 0.05) is 16.5 Å². The molecule has 4 nitrogen and oxygen atoms in total. The smallest absolute Gasteiger partial charge is 0.274 e. The van der Waals surface area contributed by atoms with Crippen LogP contribution in [0.4, 0.5) is 0 Å².